The van der Waals surface area contributed by atoms with Gasteiger partial charge < -0.3 is 5.32 Å². The number of benzene rings is 1. The van der Waals surface area contributed by atoms with Gasteiger partial charge in [-0.15, -0.1) is 11.3 Å². The zero-order valence-electron chi connectivity index (χ0n) is 12.5. The average molecular weight is 337 g/mol. The molecule has 0 aliphatic heterocycles. The van der Waals surface area contributed by atoms with Gasteiger partial charge in [0.1, 0.15) is 11.6 Å². The van der Waals surface area contributed by atoms with Gasteiger partial charge in [0.2, 0.25) is 0 Å². The topological polar surface area (TPSA) is 54.0 Å². The van der Waals surface area contributed by atoms with E-state index >= 15 is 0 Å². The summed E-state index contributed by atoms with van der Waals surface area (Å²) in [6, 6.07) is 2.74. The van der Waals surface area contributed by atoms with Crippen LogP contribution in [0.3, 0.4) is 0 Å². The number of nitrogens with zero attached hydrogens (tertiary/aromatic N) is 1. The molecule has 1 aromatic carbocycles. The van der Waals surface area contributed by atoms with E-state index in [9.17, 15) is 13.6 Å². The van der Waals surface area contributed by atoms with Gasteiger partial charge in [0.15, 0.2) is 5.13 Å². The Hall–Kier alpha value is -2.02. The number of fused-ring (bicyclic) bond motifs is 1. The molecular formula is C16H17F2N3OS. The maximum atomic E-state index is 13.1. The summed E-state index contributed by atoms with van der Waals surface area (Å²) in [5.41, 5.74) is 1.45. The SMILES string of the molecule is O=C(NCc1cc(F)cc(F)c1)Nc1nc2c(s1)CCCCC2. The lowest BCUT2D eigenvalue weighted by atomic mass is 10.2. The van der Waals surface area contributed by atoms with Crippen molar-refractivity contribution in [1.29, 1.82) is 0 Å². The fraction of sp³-hybridized carbons (Fsp3) is 0.375. The predicted octanol–water partition coefficient (Wildman–Crippen LogP) is 4.01. The van der Waals surface area contributed by atoms with E-state index in [0.29, 0.717) is 10.7 Å². The number of nitrogens with one attached hydrogen (secondary N) is 2. The van der Waals surface area contributed by atoms with Crippen molar-refractivity contribution in [3.8, 4) is 0 Å². The van der Waals surface area contributed by atoms with E-state index < -0.39 is 17.7 Å². The molecule has 0 radical (unpaired) electrons. The fourth-order valence-electron chi connectivity index (χ4n) is 2.62. The Kier molecular flexibility index (Phi) is 4.85. The predicted molar refractivity (Wildman–Crippen MR) is 85.6 cm³/mol. The number of rotatable bonds is 3. The number of aryl methyl sites for hydroxylation is 2. The number of carbonyl (C=O) groups excluding carboxylic acids is 1. The Morgan fingerprint density at radius 2 is 1.87 bits per heavy atom. The largest absolute Gasteiger partial charge is 0.334 e. The number of thiazole rings is 1. The number of carbonyl (C=O) groups is 1. The van der Waals surface area contributed by atoms with Crippen LogP contribution in [-0.4, -0.2) is 11.0 Å². The lowest BCUT2D eigenvalue weighted by Gasteiger charge is -2.06. The highest BCUT2D eigenvalue weighted by Gasteiger charge is 2.15. The molecule has 3 rings (SSSR count). The molecule has 0 saturated carbocycles. The molecule has 2 aromatic rings. The maximum Gasteiger partial charge on any atom is 0.321 e. The number of urea groups is 1. The molecule has 0 spiro atoms. The minimum atomic E-state index is -0.661. The van der Waals surface area contributed by atoms with Crippen molar-refractivity contribution in [2.45, 2.75) is 38.6 Å². The van der Waals surface area contributed by atoms with Gasteiger partial charge in [0.05, 0.1) is 5.69 Å². The van der Waals surface area contributed by atoms with E-state index in [1.165, 1.54) is 34.8 Å². The lowest BCUT2D eigenvalue weighted by Crippen LogP contribution is -2.28. The van der Waals surface area contributed by atoms with E-state index in [4.69, 9.17) is 0 Å². The molecular weight excluding hydrogens is 320 g/mol. The van der Waals surface area contributed by atoms with Gasteiger partial charge in [-0.2, -0.15) is 0 Å². The van der Waals surface area contributed by atoms with Crippen LogP contribution in [0.15, 0.2) is 18.2 Å². The highest BCUT2D eigenvalue weighted by atomic mass is 32.1. The van der Waals surface area contributed by atoms with Crippen LogP contribution in [0.2, 0.25) is 0 Å². The molecule has 0 unspecified atom stereocenters. The van der Waals surface area contributed by atoms with Crippen LogP contribution in [0.4, 0.5) is 18.7 Å². The average Bonchev–Trinajstić information content (AvgIpc) is 2.73. The summed E-state index contributed by atoms with van der Waals surface area (Å²) in [5, 5.41) is 5.84. The van der Waals surface area contributed by atoms with E-state index in [-0.39, 0.29) is 6.54 Å². The molecule has 23 heavy (non-hydrogen) atoms. The standard InChI is InChI=1S/C16H17F2N3OS/c17-11-6-10(7-12(18)8-11)9-19-15(22)21-16-20-13-4-2-1-3-5-14(13)23-16/h6-8H,1-5,9H2,(H2,19,20,21,22). The van der Waals surface area contributed by atoms with Gasteiger partial charge in [-0.05, 0) is 43.4 Å². The minimum Gasteiger partial charge on any atom is -0.334 e. The Labute approximate surface area is 136 Å². The number of hydrogen-bond acceptors (Lipinski definition) is 3. The van der Waals surface area contributed by atoms with Crippen molar-refractivity contribution < 1.29 is 13.6 Å². The monoisotopic (exact) mass is 337 g/mol. The summed E-state index contributed by atoms with van der Waals surface area (Å²) in [6.45, 7) is 0.0472. The molecule has 4 nitrogen and oxygen atoms in total. The molecule has 0 bridgehead atoms. The van der Waals surface area contributed by atoms with Crippen molar-refractivity contribution in [1.82, 2.24) is 10.3 Å². The highest BCUT2D eigenvalue weighted by molar-refractivity contribution is 7.15. The Bertz CT molecular complexity index is 674. The lowest BCUT2D eigenvalue weighted by molar-refractivity contribution is 0.251. The van der Waals surface area contributed by atoms with Gasteiger partial charge in [0, 0.05) is 17.5 Å². The highest BCUT2D eigenvalue weighted by Crippen LogP contribution is 2.28. The van der Waals surface area contributed by atoms with E-state index in [2.05, 4.69) is 15.6 Å². The van der Waals surface area contributed by atoms with Gasteiger partial charge >= 0.3 is 6.03 Å². The summed E-state index contributed by atoms with van der Waals surface area (Å²) in [6.07, 6.45) is 5.48. The number of hydrogen-bond donors (Lipinski definition) is 2. The molecule has 2 N–H and O–H groups in total. The van der Waals surface area contributed by atoms with Crippen molar-refractivity contribution in [3.05, 3.63) is 46.0 Å². The smallest absolute Gasteiger partial charge is 0.321 e. The van der Waals surface area contributed by atoms with Crippen LogP contribution in [0, 0.1) is 11.6 Å². The Morgan fingerprint density at radius 1 is 1.13 bits per heavy atom. The molecule has 0 atom stereocenters. The van der Waals surface area contributed by atoms with Crippen LogP contribution in [0.1, 0.15) is 35.4 Å². The van der Waals surface area contributed by atoms with Crippen molar-refractivity contribution in [2.24, 2.45) is 0 Å². The molecule has 1 aromatic heterocycles. The summed E-state index contributed by atoms with van der Waals surface area (Å²) in [4.78, 5) is 17.6. The number of aromatic nitrogens is 1. The third-order valence-corrected chi connectivity index (χ3v) is 4.76. The van der Waals surface area contributed by atoms with Crippen LogP contribution in [0.5, 0.6) is 0 Å². The molecule has 2 amide bonds. The second-order valence-corrected chi connectivity index (χ2v) is 6.62. The maximum absolute atomic E-state index is 13.1. The molecule has 0 saturated heterocycles. The molecule has 7 heteroatoms. The normalized spacial score (nSPS) is 14.0. The molecule has 122 valence electrons. The third kappa shape index (κ3) is 4.25. The second-order valence-electron chi connectivity index (χ2n) is 5.53. The minimum absolute atomic E-state index is 0.0472. The Balaban J connectivity index is 1.57. The fourth-order valence-corrected chi connectivity index (χ4v) is 3.66. The summed E-state index contributed by atoms with van der Waals surface area (Å²) in [5.74, 6) is -1.32. The number of anilines is 1. The van der Waals surface area contributed by atoms with Crippen molar-refractivity contribution >= 4 is 22.5 Å². The first-order valence-corrected chi connectivity index (χ1v) is 8.40. The third-order valence-electron chi connectivity index (χ3n) is 3.69. The Morgan fingerprint density at radius 3 is 2.65 bits per heavy atom. The second kappa shape index (κ2) is 7.04. The van der Waals surface area contributed by atoms with Crippen LogP contribution in [-0.2, 0) is 19.4 Å². The van der Waals surface area contributed by atoms with Crippen LogP contribution < -0.4 is 10.6 Å². The van der Waals surface area contributed by atoms with Crippen LogP contribution in [0.25, 0.3) is 0 Å². The van der Waals surface area contributed by atoms with Crippen molar-refractivity contribution in [3.63, 3.8) is 0 Å². The van der Waals surface area contributed by atoms with Gasteiger partial charge in [-0.3, -0.25) is 5.32 Å². The van der Waals surface area contributed by atoms with E-state index in [0.717, 1.165) is 37.4 Å². The zero-order chi connectivity index (χ0) is 16.2. The van der Waals surface area contributed by atoms with Gasteiger partial charge in [-0.1, -0.05) is 6.42 Å². The first kappa shape index (κ1) is 15.9. The first-order valence-electron chi connectivity index (χ1n) is 7.58. The van der Waals surface area contributed by atoms with Crippen molar-refractivity contribution in [2.75, 3.05) is 5.32 Å². The first-order chi connectivity index (χ1) is 11.1. The van der Waals surface area contributed by atoms with Gasteiger partial charge in [0.25, 0.3) is 0 Å². The van der Waals surface area contributed by atoms with Crippen LogP contribution >= 0.6 is 11.3 Å². The molecule has 1 aliphatic rings. The molecule has 1 aliphatic carbocycles. The van der Waals surface area contributed by atoms with Gasteiger partial charge in [-0.25, -0.2) is 18.6 Å². The summed E-state index contributed by atoms with van der Waals surface area (Å²) >= 11 is 1.50. The van der Waals surface area contributed by atoms with E-state index in [1.807, 2.05) is 0 Å². The summed E-state index contributed by atoms with van der Waals surface area (Å²) < 4.78 is 26.2. The quantitative estimate of drug-likeness (QED) is 0.832. The molecule has 0 fully saturated rings. The zero-order valence-corrected chi connectivity index (χ0v) is 13.3. The van der Waals surface area contributed by atoms with E-state index in [1.54, 1.807) is 0 Å². The number of halogens is 2. The molecule has 1 heterocycles. The number of amides is 2. The summed E-state index contributed by atoms with van der Waals surface area (Å²) in [7, 11) is 0.